The van der Waals surface area contributed by atoms with E-state index in [0.29, 0.717) is 24.8 Å². The third kappa shape index (κ3) is 10.6. The van der Waals surface area contributed by atoms with Gasteiger partial charge in [-0.05, 0) is 58.4 Å². The normalized spacial score (nSPS) is 19.8. The number of alkyl halides is 3. The van der Waals surface area contributed by atoms with E-state index in [9.17, 15) is 18.0 Å². The molecule has 2 aliphatic rings. The molecule has 1 saturated heterocycles. The minimum absolute atomic E-state index is 0.148. The standard InChI is InChI=1S/C25H37ClF3N3OS.C2H6/c1-5-11-32(16-19-7-8-19)21-9-12-31(13-10-21)24(33)23(34)18(4)30-15-20(22(26)6-2)14-17(3)25(27,28)29;1-2/h6,14-15,17,19,21,34H,5,7-13,16H2,1-4H3;1-2H3/b20-14-,22-6+,23-18-,30-15+;. The lowest BCUT2D eigenvalue weighted by molar-refractivity contribution is -0.156. The molecule has 206 valence electrons. The molecule has 0 N–H and O–H groups in total. The van der Waals surface area contributed by atoms with Gasteiger partial charge in [-0.15, -0.1) is 12.6 Å². The van der Waals surface area contributed by atoms with Crippen molar-refractivity contribution in [3.8, 4) is 0 Å². The van der Waals surface area contributed by atoms with Crippen LogP contribution in [0.5, 0.6) is 0 Å². The van der Waals surface area contributed by atoms with Gasteiger partial charge in [0.1, 0.15) is 0 Å². The first-order valence-electron chi connectivity index (χ1n) is 13.1. The average molecular weight is 550 g/mol. The van der Waals surface area contributed by atoms with E-state index in [0.717, 1.165) is 51.3 Å². The van der Waals surface area contributed by atoms with Gasteiger partial charge in [0.2, 0.25) is 0 Å². The van der Waals surface area contributed by atoms with Crippen LogP contribution >= 0.6 is 24.2 Å². The van der Waals surface area contributed by atoms with Gasteiger partial charge in [-0.3, -0.25) is 14.7 Å². The molecule has 0 aromatic carbocycles. The Morgan fingerprint density at radius 1 is 1.22 bits per heavy atom. The highest BCUT2D eigenvalue weighted by molar-refractivity contribution is 7.85. The number of allylic oxidation sites excluding steroid dienone is 5. The molecule has 1 aliphatic carbocycles. The zero-order chi connectivity index (χ0) is 27.5. The van der Waals surface area contributed by atoms with Gasteiger partial charge in [-0.1, -0.05) is 51.4 Å². The summed E-state index contributed by atoms with van der Waals surface area (Å²) in [5.41, 5.74) is 0.484. The van der Waals surface area contributed by atoms with Crippen LogP contribution in [0.1, 0.15) is 73.6 Å². The van der Waals surface area contributed by atoms with Crippen molar-refractivity contribution in [1.82, 2.24) is 9.80 Å². The number of carbonyl (C=O) groups is 1. The fourth-order valence-electron chi connectivity index (χ4n) is 4.02. The zero-order valence-electron chi connectivity index (χ0n) is 22.5. The predicted molar refractivity (Wildman–Crippen MR) is 149 cm³/mol. The van der Waals surface area contributed by atoms with E-state index in [1.165, 1.54) is 25.1 Å². The number of likely N-dealkylation sites (tertiary alicyclic amines) is 1. The Labute approximate surface area is 226 Å². The summed E-state index contributed by atoms with van der Waals surface area (Å²) in [4.78, 5) is 21.8. The maximum atomic E-state index is 13.0. The third-order valence-electron chi connectivity index (χ3n) is 6.39. The Bertz CT molecular complexity index is 827. The third-order valence-corrected chi connectivity index (χ3v) is 7.34. The molecule has 1 atom stereocenters. The molecule has 0 spiro atoms. The summed E-state index contributed by atoms with van der Waals surface area (Å²) in [7, 11) is 0. The highest BCUT2D eigenvalue weighted by atomic mass is 35.5. The molecule has 4 nitrogen and oxygen atoms in total. The number of thiol groups is 1. The first kappa shape index (κ1) is 32.8. The number of piperidine rings is 1. The second kappa shape index (κ2) is 15.9. The van der Waals surface area contributed by atoms with Crippen molar-refractivity contribution in [2.45, 2.75) is 85.9 Å². The Balaban J connectivity index is 0.00000316. The molecule has 1 saturated carbocycles. The van der Waals surface area contributed by atoms with Crippen molar-refractivity contribution < 1.29 is 18.0 Å². The van der Waals surface area contributed by atoms with Crippen LogP contribution in [0.4, 0.5) is 13.2 Å². The highest BCUT2D eigenvalue weighted by Crippen LogP contribution is 2.32. The summed E-state index contributed by atoms with van der Waals surface area (Å²) in [6.07, 6.45) is 5.06. The molecular weight excluding hydrogens is 507 g/mol. The van der Waals surface area contributed by atoms with E-state index < -0.39 is 12.1 Å². The number of rotatable bonds is 10. The fraction of sp³-hybridized carbons (Fsp3) is 0.704. The monoisotopic (exact) mass is 549 g/mol. The van der Waals surface area contributed by atoms with Gasteiger partial charge in [0.15, 0.2) is 0 Å². The summed E-state index contributed by atoms with van der Waals surface area (Å²) in [6.45, 7) is 14.1. The van der Waals surface area contributed by atoms with Gasteiger partial charge >= 0.3 is 6.18 Å². The van der Waals surface area contributed by atoms with Crippen LogP contribution in [-0.2, 0) is 4.79 Å². The molecule has 1 aliphatic heterocycles. The van der Waals surface area contributed by atoms with Crippen LogP contribution in [0.2, 0.25) is 0 Å². The largest absolute Gasteiger partial charge is 0.394 e. The van der Waals surface area contributed by atoms with Gasteiger partial charge in [-0.2, -0.15) is 13.2 Å². The summed E-state index contributed by atoms with van der Waals surface area (Å²) >= 11 is 10.5. The lowest BCUT2D eigenvalue weighted by Crippen LogP contribution is -2.47. The van der Waals surface area contributed by atoms with Gasteiger partial charge in [0, 0.05) is 42.5 Å². The maximum Gasteiger partial charge on any atom is 0.394 e. The molecular formula is C27H43ClF3N3OS. The second-order valence-corrected chi connectivity index (χ2v) is 10.1. The highest BCUT2D eigenvalue weighted by Gasteiger charge is 2.35. The molecule has 2 fully saturated rings. The minimum atomic E-state index is -4.38. The fourth-order valence-corrected chi connectivity index (χ4v) is 4.33. The van der Waals surface area contributed by atoms with Crippen LogP contribution in [0, 0.1) is 11.8 Å². The summed E-state index contributed by atoms with van der Waals surface area (Å²) < 4.78 is 38.9. The van der Waals surface area contributed by atoms with Gasteiger partial charge in [0.05, 0.1) is 16.5 Å². The Morgan fingerprint density at radius 2 is 1.81 bits per heavy atom. The van der Waals surface area contributed by atoms with Gasteiger partial charge in [0.25, 0.3) is 5.91 Å². The van der Waals surface area contributed by atoms with Crippen LogP contribution in [0.25, 0.3) is 0 Å². The summed E-state index contributed by atoms with van der Waals surface area (Å²) in [5.74, 6) is -1.04. The van der Waals surface area contributed by atoms with Crippen LogP contribution in [0.3, 0.4) is 0 Å². The van der Waals surface area contributed by atoms with Crippen molar-refractivity contribution in [2.75, 3.05) is 26.2 Å². The summed E-state index contributed by atoms with van der Waals surface area (Å²) in [6, 6.07) is 0.502. The van der Waals surface area contributed by atoms with Crippen molar-refractivity contribution in [2.24, 2.45) is 16.8 Å². The lowest BCUT2D eigenvalue weighted by atomic mass is 10.0. The molecule has 2 rings (SSSR count). The van der Waals surface area contributed by atoms with Crippen molar-refractivity contribution >= 4 is 36.4 Å². The van der Waals surface area contributed by atoms with Gasteiger partial charge < -0.3 is 4.90 Å². The van der Waals surface area contributed by atoms with Crippen molar-refractivity contribution in [1.29, 1.82) is 0 Å². The van der Waals surface area contributed by atoms with E-state index in [1.54, 1.807) is 18.7 Å². The number of hydrogen-bond acceptors (Lipinski definition) is 4. The SMILES string of the molecule is CC.C\C=C(Cl)/C(=C\C(C)C(F)(F)F)/C=N/C(C)=C(\S)C(=O)N1CCC(N(CCC)CC2CC2)CC1. The van der Waals surface area contributed by atoms with E-state index in [-0.39, 0.29) is 21.4 Å². The quantitative estimate of drug-likeness (QED) is 0.132. The topological polar surface area (TPSA) is 35.9 Å². The van der Waals surface area contributed by atoms with Gasteiger partial charge in [-0.25, -0.2) is 0 Å². The number of nitrogens with zero attached hydrogens (tertiary/aromatic N) is 3. The number of aliphatic imine (C=N–C) groups is 1. The molecule has 9 heteroatoms. The maximum absolute atomic E-state index is 13.0. The first-order valence-corrected chi connectivity index (χ1v) is 13.9. The molecule has 1 heterocycles. The molecule has 0 radical (unpaired) electrons. The predicted octanol–water partition coefficient (Wildman–Crippen LogP) is 7.63. The second-order valence-electron chi connectivity index (χ2n) is 9.24. The average Bonchev–Trinajstić information content (AvgIpc) is 3.69. The summed E-state index contributed by atoms with van der Waals surface area (Å²) in [5, 5.41) is 0.157. The Hall–Kier alpha value is -1.25. The Kier molecular flexibility index (Phi) is 14.5. The number of hydrogen-bond donors (Lipinski definition) is 1. The minimum Gasteiger partial charge on any atom is -0.338 e. The zero-order valence-corrected chi connectivity index (χ0v) is 24.2. The first-order chi connectivity index (χ1) is 17.0. The van der Waals surface area contributed by atoms with Crippen molar-refractivity contribution in [3.05, 3.63) is 33.4 Å². The van der Waals surface area contributed by atoms with Crippen LogP contribution in [0.15, 0.2) is 38.4 Å². The molecule has 0 aromatic rings. The van der Waals surface area contributed by atoms with Crippen LogP contribution in [-0.4, -0.2) is 60.3 Å². The molecule has 0 bridgehead atoms. The lowest BCUT2D eigenvalue weighted by Gasteiger charge is -2.38. The van der Waals surface area contributed by atoms with Crippen LogP contribution < -0.4 is 0 Å². The van der Waals surface area contributed by atoms with E-state index in [4.69, 9.17) is 11.6 Å². The van der Waals surface area contributed by atoms with E-state index in [1.807, 2.05) is 13.8 Å². The molecule has 36 heavy (non-hydrogen) atoms. The van der Waals surface area contributed by atoms with Crippen molar-refractivity contribution in [3.63, 3.8) is 0 Å². The number of halogens is 4. The Morgan fingerprint density at radius 3 is 2.28 bits per heavy atom. The number of amides is 1. The van der Waals surface area contributed by atoms with E-state index in [2.05, 4.69) is 29.4 Å². The molecule has 1 amide bonds. The molecule has 1 unspecified atom stereocenters. The molecule has 0 aromatic heterocycles. The smallest absolute Gasteiger partial charge is 0.338 e. The van der Waals surface area contributed by atoms with E-state index >= 15 is 0 Å². The number of carbonyl (C=O) groups excluding carboxylic acids is 1.